The molecular weight excluding hydrogens is 452 g/mol. The lowest BCUT2D eigenvalue weighted by atomic mass is 9.92. The number of sulfonamides is 1. The maximum atomic E-state index is 13.1. The predicted octanol–water partition coefficient (Wildman–Crippen LogP) is 2.60. The largest absolute Gasteiger partial charge is 0.342 e. The normalized spacial score (nSPS) is 21.6. The molecule has 3 aliphatic heterocycles. The molecule has 34 heavy (non-hydrogen) atoms. The van der Waals surface area contributed by atoms with Gasteiger partial charge in [-0.05, 0) is 62.8 Å². The molecule has 0 atom stereocenters. The summed E-state index contributed by atoms with van der Waals surface area (Å²) in [6.45, 7) is 3.55. The molecule has 0 unspecified atom stereocenters. The number of benzene rings is 1. The molecule has 1 aromatic carbocycles. The van der Waals surface area contributed by atoms with E-state index in [1.54, 1.807) is 0 Å². The van der Waals surface area contributed by atoms with Crippen LogP contribution in [0.1, 0.15) is 56.9 Å². The van der Waals surface area contributed by atoms with Crippen LogP contribution in [0.3, 0.4) is 0 Å². The van der Waals surface area contributed by atoms with Gasteiger partial charge in [0.2, 0.25) is 21.8 Å². The second-order valence-electron chi connectivity index (χ2n) is 9.65. The topological polar surface area (TPSA) is 102 Å². The summed E-state index contributed by atoms with van der Waals surface area (Å²) >= 11 is 0. The predicted molar refractivity (Wildman–Crippen MR) is 127 cm³/mol. The maximum Gasteiger partial charge on any atom is 0.243 e. The molecule has 0 aliphatic carbocycles. The summed E-state index contributed by atoms with van der Waals surface area (Å²) in [6.07, 6.45) is 7.00. The number of nitriles is 1. The van der Waals surface area contributed by atoms with E-state index in [1.165, 1.54) is 41.4 Å². The zero-order valence-corrected chi connectivity index (χ0v) is 20.5. The molecule has 0 bridgehead atoms. The summed E-state index contributed by atoms with van der Waals surface area (Å²) in [7, 11) is -3.63. The Balaban J connectivity index is 1.27. The first kappa shape index (κ1) is 24.7. The lowest BCUT2D eigenvalue weighted by Crippen LogP contribution is -2.48. The number of hydrogen-bond donors (Lipinski definition) is 0. The first-order chi connectivity index (χ1) is 16.4. The zero-order valence-electron chi connectivity index (χ0n) is 19.7. The Morgan fingerprint density at radius 3 is 1.71 bits per heavy atom. The third kappa shape index (κ3) is 5.44. The molecule has 3 aliphatic rings. The third-order valence-corrected chi connectivity index (χ3v) is 9.41. The van der Waals surface area contributed by atoms with Crippen LogP contribution >= 0.6 is 0 Å². The van der Waals surface area contributed by atoms with Gasteiger partial charge in [0.15, 0.2) is 0 Å². The van der Waals surface area contributed by atoms with Crippen LogP contribution < -0.4 is 0 Å². The van der Waals surface area contributed by atoms with Crippen LogP contribution in [0.4, 0.5) is 0 Å². The Morgan fingerprint density at radius 2 is 1.21 bits per heavy atom. The van der Waals surface area contributed by atoms with Gasteiger partial charge in [0.25, 0.3) is 0 Å². The van der Waals surface area contributed by atoms with Crippen molar-refractivity contribution in [3.8, 4) is 6.07 Å². The van der Waals surface area contributed by atoms with Gasteiger partial charge < -0.3 is 9.80 Å². The van der Waals surface area contributed by atoms with Gasteiger partial charge in [0.1, 0.15) is 0 Å². The van der Waals surface area contributed by atoms with Crippen LogP contribution in [0.15, 0.2) is 29.2 Å². The molecule has 0 saturated carbocycles. The minimum Gasteiger partial charge on any atom is -0.342 e. The molecular formula is C25H34N4O4S. The number of rotatable bonds is 4. The molecule has 3 fully saturated rings. The van der Waals surface area contributed by atoms with Gasteiger partial charge in [-0.25, -0.2) is 8.42 Å². The number of nitrogens with zero attached hydrogens (tertiary/aromatic N) is 4. The number of likely N-dealkylation sites (tertiary alicyclic amines) is 2. The maximum absolute atomic E-state index is 13.1. The van der Waals surface area contributed by atoms with Gasteiger partial charge >= 0.3 is 0 Å². The number of carbonyl (C=O) groups excluding carboxylic acids is 2. The van der Waals surface area contributed by atoms with Crippen molar-refractivity contribution in [2.45, 2.75) is 56.3 Å². The van der Waals surface area contributed by atoms with E-state index < -0.39 is 10.0 Å². The lowest BCUT2D eigenvalue weighted by molar-refractivity contribution is -0.143. The van der Waals surface area contributed by atoms with Crippen molar-refractivity contribution in [2.24, 2.45) is 11.8 Å². The second kappa shape index (κ2) is 10.9. The van der Waals surface area contributed by atoms with Crippen LogP contribution in [0.25, 0.3) is 0 Å². The number of carbonyl (C=O) groups is 2. The molecule has 8 nitrogen and oxygen atoms in total. The van der Waals surface area contributed by atoms with Gasteiger partial charge in [0, 0.05) is 51.1 Å². The molecule has 4 rings (SSSR count). The van der Waals surface area contributed by atoms with E-state index in [0.717, 1.165) is 25.9 Å². The van der Waals surface area contributed by atoms with Gasteiger partial charge in [-0.15, -0.1) is 0 Å². The highest BCUT2D eigenvalue weighted by atomic mass is 32.2. The van der Waals surface area contributed by atoms with Crippen molar-refractivity contribution in [2.75, 3.05) is 39.3 Å². The van der Waals surface area contributed by atoms with Crippen LogP contribution in [-0.4, -0.2) is 73.6 Å². The van der Waals surface area contributed by atoms with E-state index >= 15 is 0 Å². The highest BCUT2D eigenvalue weighted by Gasteiger charge is 2.36. The van der Waals surface area contributed by atoms with E-state index in [2.05, 4.69) is 0 Å². The van der Waals surface area contributed by atoms with Crippen LogP contribution in [0, 0.1) is 23.2 Å². The number of hydrogen-bond acceptors (Lipinski definition) is 5. The highest BCUT2D eigenvalue weighted by molar-refractivity contribution is 7.89. The summed E-state index contributed by atoms with van der Waals surface area (Å²) in [5.74, 6) is 0.193. The minimum atomic E-state index is -3.63. The van der Waals surface area contributed by atoms with Crippen LogP contribution in [-0.2, 0) is 19.6 Å². The van der Waals surface area contributed by atoms with Gasteiger partial charge in [-0.1, -0.05) is 12.8 Å². The van der Waals surface area contributed by atoms with E-state index in [9.17, 15) is 18.0 Å². The first-order valence-electron chi connectivity index (χ1n) is 12.5. The summed E-state index contributed by atoms with van der Waals surface area (Å²) in [6, 6.07) is 7.92. The monoisotopic (exact) mass is 486 g/mol. The fourth-order valence-electron chi connectivity index (χ4n) is 5.35. The summed E-state index contributed by atoms with van der Waals surface area (Å²) < 4.78 is 27.3. The van der Waals surface area contributed by atoms with Gasteiger partial charge in [-0.2, -0.15) is 9.57 Å². The average Bonchev–Trinajstić information content (AvgIpc) is 3.18. The molecule has 0 radical (unpaired) electrons. The van der Waals surface area contributed by atoms with Crippen molar-refractivity contribution in [1.29, 1.82) is 5.26 Å². The quantitative estimate of drug-likeness (QED) is 0.651. The van der Waals surface area contributed by atoms with Crippen LogP contribution in [0.5, 0.6) is 0 Å². The molecule has 9 heteroatoms. The van der Waals surface area contributed by atoms with Gasteiger partial charge in [-0.3, -0.25) is 9.59 Å². The molecule has 0 N–H and O–H groups in total. The molecule has 0 aromatic heterocycles. The number of amides is 2. The Kier molecular flexibility index (Phi) is 7.89. The molecule has 0 spiro atoms. The summed E-state index contributed by atoms with van der Waals surface area (Å²) in [5.41, 5.74) is 0.417. The molecule has 184 valence electrons. The lowest BCUT2D eigenvalue weighted by Gasteiger charge is -2.37. The molecule has 3 heterocycles. The first-order valence-corrected chi connectivity index (χ1v) is 13.9. The third-order valence-electron chi connectivity index (χ3n) is 7.50. The molecule has 1 aromatic rings. The van der Waals surface area contributed by atoms with E-state index in [-0.39, 0.29) is 28.5 Å². The fourth-order valence-corrected chi connectivity index (χ4v) is 6.82. The van der Waals surface area contributed by atoms with Crippen molar-refractivity contribution < 1.29 is 18.0 Å². The van der Waals surface area contributed by atoms with E-state index in [1.807, 2.05) is 15.9 Å². The smallest absolute Gasteiger partial charge is 0.243 e. The zero-order chi connectivity index (χ0) is 24.1. The molecule has 3 saturated heterocycles. The minimum absolute atomic E-state index is 0.0153. The Bertz CT molecular complexity index is 1010. The highest BCUT2D eigenvalue weighted by Crippen LogP contribution is 2.28. The van der Waals surface area contributed by atoms with Crippen molar-refractivity contribution >= 4 is 21.8 Å². The van der Waals surface area contributed by atoms with Crippen molar-refractivity contribution in [3.63, 3.8) is 0 Å². The summed E-state index contributed by atoms with van der Waals surface area (Å²) in [4.78, 5) is 30.1. The SMILES string of the molecule is N#Cc1ccc(S(=O)(=O)N2CCC(C(=O)N3CCC(C(=O)N4CCCCCC4)CC3)CC2)cc1. The van der Waals surface area contributed by atoms with Crippen molar-refractivity contribution in [3.05, 3.63) is 29.8 Å². The standard InChI is InChI=1S/C25H34N4O4S/c26-19-20-5-7-23(8-6-20)34(32,33)29-17-11-22(12-18-29)25(31)28-15-9-21(10-16-28)24(30)27-13-3-1-2-4-14-27/h5-8,21-22H,1-4,9-18H2. The fraction of sp³-hybridized carbons (Fsp3) is 0.640. The van der Waals surface area contributed by atoms with Crippen molar-refractivity contribution in [1.82, 2.24) is 14.1 Å². The summed E-state index contributed by atoms with van der Waals surface area (Å²) in [5, 5.41) is 8.92. The number of piperidine rings is 2. The second-order valence-corrected chi connectivity index (χ2v) is 11.6. The average molecular weight is 487 g/mol. The van der Waals surface area contributed by atoms with Crippen LogP contribution in [0.2, 0.25) is 0 Å². The van der Waals surface area contributed by atoms with E-state index in [0.29, 0.717) is 57.4 Å². The van der Waals surface area contributed by atoms with E-state index in [4.69, 9.17) is 5.26 Å². The molecule has 2 amide bonds. The Labute approximate surface area is 202 Å². The Hall–Kier alpha value is -2.44. The van der Waals surface area contributed by atoms with Gasteiger partial charge in [0.05, 0.1) is 16.5 Å². The Morgan fingerprint density at radius 1 is 0.735 bits per heavy atom.